The molecular formula is C29H30O4. The number of hydrogen-bond donors (Lipinski definition) is 0. The van der Waals surface area contributed by atoms with Gasteiger partial charge in [-0.3, -0.25) is 0 Å². The quantitative estimate of drug-likeness (QED) is 0.291. The second kappa shape index (κ2) is 10.5. The van der Waals surface area contributed by atoms with E-state index in [1.54, 1.807) is 48.5 Å². The summed E-state index contributed by atoms with van der Waals surface area (Å²) in [5, 5.41) is 0. The van der Waals surface area contributed by atoms with Gasteiger partial charge in [0.15, 0.2) is 11.5 Å². The van der Waals surface area contributed by atoms with Crippen LogP contribution in [0.15, 0.2) is 66.7 Å². The zero-order valence-electron chi connectivity index (χ0n) is 19.3. The van der Waals surface area contributed by atoms with Gasteiger partial charge in [0, 0.05) is 5.56 Å². The molecule has 3 aromatic carbocycles. The first-order chi connectivity index (χ1) is 16.1. The number of esters is 2. The van der Waals surface area contributed by atoms with Gasteiger partial charge in [0.25, 0.3) is 0 Å². The lowest BCUT2D eigenvalue weighted by Crippen LogP contribution is -2.16. The third-order valence-corrected chi connectivity index (χ3v) is 6.26. The minimum atomic E-state index is -0.466. The van der Waals surface area contributed by atoms with Gasteiger partial charge >= 0.3 is 11.9 Å². The van der Waals surface area contributed by atoms with E-state index in [0.29, 0.717) is 28.5 Å². The minimum absolute atomic E-state index is 0.332. The zero-order valence-corrected chi connectivity index (χ0v) is 19.3. The Morgan fingerprint density at radius 1 is 0.818 bits per heavy atom. The molecule has 0 spiro atoms. The molecule has 33 heavy (non-hydrogen) atoms. The summed E-state index contributed by atoms with van der Waals surface area (Å²) < 4.78 is 11.9. The Balaban J connectivity index is 1.80. The highest BCUT2D eigenvalue weighted by Gasteiger charge is 2.28. The zero-order chi connectivity index (χ0) is 23.2. The van der Waals surface area contributed by atoms with Crippen molar-refractivity contribution in [2.75, 3.05) is 0 Å². The lowest BCUT2D eigenvalue weighted by atomic mass is 9.88. The topological polar surface area (TPSA) is 52.6 Å². The summed E-state index contributed by atoms with van der Waals surface area (Å²) in [5.74, 6) is 0.244. The van der Waals surface area contributed by atoms with Crippen LogP contribution in [0.1, 0.15) is 82.4 Å². The van der Waals surface area contributed by atoms with Crippen LogP contribution in [0.25, 0.3) is 0 Å². The summed E-state index contributed by atoms with van der Waals surface area (Å²) in [6.07, 6.45) is 6.32. The smallest absolute Gasteiger partial charge is 0.343 e. The van der Waals surface area contributed by atoms with E-state index >= 15 is 0 Å². The third-order valence-electron chi connectivity index (χ3n) is 6.26. The van der Waals surface area contributed by atoms with E-state index in [-0.39, 0.29) is 0 Å². The summed E-state index contributed by atoms with van der Waals surface area (Å²) in [6, 6.07) is 19.9. The molecule has 4 nitrogen and oxygen atoms in total. The van der Waals surface area contributed by atoms with Crippen molar-refractivity contribution in [1.29, 1.82) is 0 Å². The second-order valence-corrected chi connectivity index (χ2v) is 8.66. The number of aryl methyl sites for hydroxylation is 1. The van der Waals surface area contributed by atoms with Gasteiger partial charge in [-0.2, -0.15) is 0 Å². The van der Waals surface area contributed by atoms with E-state index in [2.05, 4.69) is 13.0 Å². The second-order valence-electron chi connectivity index (χ2n) is 8.66. The molecule has 1 saturated carbocycles. The summed E-state index contributed by atoms with van der Waals surface area (Å²) in [4.78, 5) is 26.0. The maximum Gasteiger partial charge on any atom is 0.343 e. The number of carbonyl (C=O) groups is 2. The molecule has 0 bridgehead atoms. The monoisotopic (exact) mass is 442 g/mol. The Kier molecular flexibility index (Phi) is 7.23. The van der Waals surface area contributed by atoms with Crippen molar-refractivity contribution in [2.45, 2.75) is 58.3 Å². The van der Waals surface area contributed by atoms with Crippen molar-refractivity contribution in [3.8, 4) is 11.5 Å². The van der Waals surface area contributed by atoms with Crippen LogP contribution in [0.4, 0.5) is 0 Å². The fourth-order valence-electron chi connectivity index (χ4n) is 4.63. The van der Waals surface area contributed by atoms with E-state index in [1.807, 2.05) is 19.1 Å². The van der Waals surface area contributed by atoms with Gasteiger partial charge in [-0.1, -0.05) is 68.7 Å². The Bertz CT molecular complexity index is 1110. The van der Waals surface area contributed by atoms with Crippen LogP contribution in [-0.4, -0.2) is 11.9 Å². The number of benzene rings is 3. The van der Waals surface area contributed by atoms with Crippen LogP contribution in [0.2, 0.25) is 0 Å². The van der Waals surface area contributed by atoms with E-state index in [4.69, 9.17) is 9.47 Å². The molecule has 170 valence electrons. The van der Waals surface area contributed by atoms with E-state index in [9.17, 15) is 9.59 Å². The highest BCUT2D eigenvalue weighted by atomic mass is 16.6. The van der Waals surface area contributed by atoms with Crippen LogP contribution in [0.5, 0.6) is 11.5 Å². The molecule has 4 heteroatoms. The van der Waals surface area contributed by atoms with E-state index < -0.39 is 11.9 Å². The van der Waals surface area contributed by atoms with Crippen LogP contribution in [0.3, 0.4) is 0 Å². The number of ether oxygens (including phenoxy) is 2. The van der Waals surface area contributed by atoms with Gasteiger partial charge in [-0.15, -0.1) is 0 Å². The van der Waals surface area contributed by atoms with Crippen molar-refractivity contribution in [3.05, 3.63) is 94.5 Å². The molecule has 0 aliphatic heterocycles. The highest BCUT2D eigenvalue weighted by molar-refractivity contribution is 5.93. The third kappa shape index (κ3) is 5.16. The van der Waals surface area contributed by atoms with E-state index in [0.717, 1.165) is 36.8 Å². The number of rotatable bonds is 7. The first kappa shape index (κ1) is 22.8. The summed E-state index contributed by atoms with van der Waals surface area (Å²) in [7, 11) is 0. The molecule has 4 rings (SSSR count). The minimum Gasteiger partial charge on any atom is -0.419 e. The number of carbonyl (C=O) groups excluding carboxylic acids is 2. The predicted octanol–water partition coefficient (Wildman–Crippen LogP) is 7.04. The van der Waals surface area contributed by atoms with Crippen LogP contribution < -0.4 is 9.47 Å². The molecule has 0 amide bonds. The van der Waals surface area contributed by atoms with Crippen molar-refractivity contribution in [3.63, 3.8) is 0 Å². The SMILES string of the molecule is CCCc1c(C2CCCC2)cc(C)c(OC(=O)c2ccccc2)c1OC(=O)c1ccccc1. The maximum absolute atomic E-state index is 13.1. The summed E-state index contributed by atoms with van der Waals surface area (Å²) in [6.45, 7) is 4.03. The van der Waals surface area contributed by atoms with Gasteiger partial charge < -0.3 is 9.47 Å². The van der Waals surface area contributed by atoms with Crippen molar-refractivity contribution < 1.29 is 19.1 Å². The molecule has 0 radical (unpaired) electrons. The molecule has 3 aromatic rings. The van der Waals surface area contributed by atoms with Crippen LogP contribution >= 0.6 is 0 Å². The van der Waals surface area contributed by atoms with Crippen molar-refractivity contribution >= 4 is 11.9 Å². The van der Waals surface area contributed by atoms with Gasteiger partial charge in [0.05, 0.1) is 11.1 Å². The fourth-order valence-corrected chi connectivity index (χ4v) is 4.63. The standard InChI is InChI=1S/C29H30O4/c1-3-12-24-25(21-13-10-11-14-21)19-20(2)26(32-28(30)22-15-6-4-7-16-22)27(24)33-29(31)23-17-8-5-9-18-23/h4-9,15-19,21H,3,10-14H2,1-2H3. The lowest BCUT2D eigenvalue weighted by Gasteiger charge is -2.23. The average Bonchev–Trinajstić information content (AvgIpc) is 3.38. The van der Waals surface area contributed by atoms with Gasteiger partial charge in [0.2, 0.25) is 0 Å². The maximum atomic E-state index is 13.1. The predicted molar refractivity (Wildman–Crippen MR) is 129 cm³/mol. The molecule has 0 atom stereocenters. The van der Waals surface area contributed by atoms with Gasteiger partial charge in [-0.05, 0) is 67.5 Å². The Labute approximate surface area is 195 Å². The van der Waals surface area contributed by atoms with Gasteiger partial charge in [0.1, 0.15) is 0 Å². The molecule has 0 N–H and O–H groups in total. The summed E-state index contributed by atoms with van der Waals surface area (Å²) in [5.41, 5.74) is 3.92. The Morgan fingerprint density at radius 3 is 1.85 bits per heavy atom. The first-order valence-electron chi connectivity index (χ1n) is 11.8. The normalized spacial score (nSPS) is 13.6. The van der Waals surface area contributed by atoms with E-state index in [1.165, 1.54) is 18.4 Å². The summed E-state index contributed by atoms with van der Waals surface area (Å²) >= 11 is 0. The molecule has 1 fully saturated rings. The molecule has 1 aliphatic carbocycles. The Morgan fingerprint density at radius 2 is 1.33 bits per heavy atom. The van der Waals surface area contributed by atoms with Crippen LogP contribution in [-0.2, 0) is 6.42 Å². The molecule has 0 unspecified atom stereocenters. The van der Waals surface area contributed by atoms with Crippen molar-refractivity contribution in [2.24, 2.45) is 0 Å². The number of hydrogen-bond acceptors (Lipinski definition) is 4. The highest BCUT2D eigenvalue weighted by Crippen LogP contribution is 2.45. The first-order valence-corrected chi connectivity index (χ1v) is 11.8. The largest absolute Gasteiger partial charge is 0.419 e. The molecule has 0 aromatic heterocycles. The molecule has 1 aliphatic rings. The average molecular weight is 443 g/mol. The lowest BCUT2D eigenvalue weighted by molar-refractivity contribution is 0.0679. The molecular weight excluding hydrogens is 412 g/mol. The van der Waals surface area contributed by atoms with Crippen molar-refractivity contribution in [1.82, 2.24) is 0 Å². The molecule has 0 heterocycles. The van der Waals surface area contributed by atoms with Gasteiger partial charge in [-0.25, -0.2) is 9.59 Å². The molecule has 0 saturated heterocycles. The Hall–Kier alpha value is -3.40. The van der Waals surface area contributed by atoms with Crippen LogP contribution in [0, 0.1) is 6.92 Å². The fraction of sp³-hybridized carbons (Fsp3) is 0.310.